The molecule has 0 spiro atoms. The van der Waals surface area contributed by atoms with Crippen molar-refractivity contribution in [2.24, 2.45) is 0 Å². The highest BCUT2D eigenvalue weighted by molar-refractivity contribution is 6.01. The van der Waals surface area contributed by atoms with Crippen LogP contribution in [-0.4, -0.2) is 40.0 Å². The van der Waals surface area contributed by atoms with Crippen molar-refractivity contribution in [3.8, 4) is 0 Å². The van der Waals surface area contributed by atoms with Gasteiger partial charge in [0.2, 0.25) is 0 Å². The molecule has 5 heteroatoms. The molecular weight excluding hydrogens is 304 g/mol. The van der Waals surface area contributed by atoms with E-state index in [0.29, 0.717) is 24.4 Å². The van der Waals surface area contributed by atoms with Gasteiger partial charge in [-0.25, -0.2) is 4.79 Å². The maximum atomic E-state index is 13.3. The number of amides is 1. The molecule has 2 rings (SSSR count). The van der Waals surface area contributed by atoms with Crippen LogP contribution in [-0.2, 0) is 11.3 Å². The van der Waals surface area contributed by atoms with Crippen molar-refractivity contribution >= 4 is 11.9 Å². The number of carbonyl (C=O) groups is 2. The monoisotopic (exact) mass is 334 g/mol. The molecule has 134 valence electrons. The summed E-state index contributed by atoms with van der Waals surface area (Å²) in [6, 6.07) is 0.465. The molecule has 0 aliphatic carbocycles. The van der Waals surface area contributed by atoms with E-state index in [9.17, 15) is 9.59 Å². The maximum Gasteiger partial charge on any atom is 0.355 e. The van der Waals surface area contributed by atoms with E-state index in [0.717, 1.165) is 30.5 Å². The van der Waals surface area contributed by atoms with Gasteiger partial charge in [0.05, 0.1) is 12.2 Å². The Morgan fingerprint density at radius 3 is 2.21 bits per heavy atom. The smallest absolute Gasteiger partial charge is 0.355 e. The van der Waals surface area contributed by atoms with Crippen molar-refractivity contribution in [2.75, 3.05) is 6.61 Å². The van der Waals surface area contributed by atoms with Gasteiger partial charge in [0, 0.05) is 24.3 Å². The number of ether oxygens (including phenoxy) is 1. The fourth-order valence-corrected chi connectivity index (χ4v) is 4.02. The van der Waals surface area contributed by atoms with E-state index in [2.05, 4.69) is 13.8 Å². The third kappa shape index (κ3) is 3.08. The number of esters is 1. The van der Waals surface area contributed by atoms with Gasteiger partial charge in [-0.15, -0.1) is 0 Å². The Bertz CT molecular complexity index is 623. The number of carbonyl (C=O) groups excluding carboxylic acids is 2. The average molecular weight is 334 g/mol. The summed E-state index contributed by atoms with van der Waals surface area (Å²) in [5.74, 6) is -0.304. The van der Waals surface area contributed by atoms with Gasteiger partial charge >= 0.3 is 5.97 Å². The van der Waals surface area contributed by atoms with Crippen molar-refractivity contribution in [1.82, 2.24) is 9.47 Å². The summed E-state index contributed by atoms with van der Waals surface area (Å²) in [6.07, 6.45) is 3.23. The van der Waals surface area contributed by atoms with Gasteiger partial charge < -0.3 is 14.2 Å². The summed E-state index contributed by atoms with van der Waals surface area (Å²) in [5.41, 5.74) is 2.77. The third-order valence-electron chi connectivity index (χ3n) is 5.19. The first kappa shape index (κ1) is 18.6. The summed E-state index contributed by atoms with van der Waals surface area (Å²) in [7, 11) is 0. The minimum atomic E-state index is -0.348. The lowest BCUT2D eigenvalue weighted by molar-refractivity contribution is 0.0506. The van der Waals surface area contributed by atoms with Crippen LogP contribution >= 0.6 is 0 Å². The summed E-state index contributed by atoms with van der Waals surface area (Å²) in [5, 5.41) is 0. The second-order valence-corrected chi connectivity index (χ2v) is 6.74. The fraction of sp³-hybridized carbons (Fsp3) is 0.684. The minimum absolute atomic E-state index is 0.0439. The van der Waals surface area contributed by atoms with E-state index in [1.807, 2.05) is 30.2 Å². The van der Waals surface area contributed by atoms with Crippen LogP contribution in [0.25, 0.3) is 0 Å². The number of aromatic nitrogens is 1. The molecule has 1 aromatic heterocycles. The molecule has 5 nitrogen and oxygen atoms in total. The van der Waals surface area contributed by atoms with Crippen molar-refractivity contribution in [2.45, 2.75) is 79.4 Å². The predicted octanol–water partition coefficient (Wildman–Crippen LogP) is 3.70. The summed E-state index contributed by atoms with van der Waals surface area (Å²) < 4.78 is 7.11. The Morgan fingerprint density at radius 2 is 1.71 bits per heavy atom. The molecule has 0 saturated carbocycles. The number of nitrogens with zero attached hydrogens (tertiary/aromatic N) is 2. The van der Waals surface area contributed by atoms with Crippen LogP contribution in [0.5, 0.6) is 0 Å². The molecule has 0 N–H and O–H groups in total. The zero-order valence-electron chi connectivity index (χ0n) is 15.8. The molecule has 0 bridgehead atoms. The van der Waals surface area contributed by atoms with Gasteiger partial charge in [0.1, 0.15) is 5.69 Å². The Kier molecular flexibility index (Phi) is 5.73. The molecule has 0 aromatic carbocycles. The molecule has 24 heavy (non-hydrogen) atoms. The molecule has 2 heterocycles. The molecule has 2 atom stereocenters. The summed E-state index contributed by atoms with van der Waals surface area (Å²) in [4.78, 5) is 27.6. The lowest BCUT2D eigenvalue weighted by Crippen LogP contribution is -2.47. The Hall–Kier alpha value is -1.78. The number of hydrogen-bond acceptors (Lipinski definition) is 3. The van der Waals surface area contributed by atoms with E-state index in [1.165, 1.54) is 0 Å². The molecule has 1 aromatic rings. The topological polar surface area (TPSA) is 51.5 Å². The van der Waals surface area contributed by atoms with Crippen LogP contribution in [0.2, 0.25) is 0 Å². The number of piperidine rings is 1. The van der Waals surface area contributed by atoms with E-state index >= 15 is 0 Å². The van der Waals surface area contributed by atoms with Crippen molar-refractivity contribution in [1.29, 1.82) is 0 Å². The SMILES string of the molecule is CCOC(=O)c1c(C)c(C(=O)N2C(C)CCCC2C)c(C)n1CC. The van der Waals surface area contributed by atoms with E-state index < -0.39 is 0 Å². The van der Waals surface area contributed by atoms with Gasteiger partial charge in [-0.1, -0.05) is 0 Å². The van der Waals surface area contributed by atoms with Crippen LogP contribution in [0.1, 0.15) is 79.1 Å². The zero-order valence-corrected chi connectivity index (χ0v) is 15.8. The summed E-state index contributed by atoms with van der Waals surface area (Å²) in [6.45, 7) is 12.7. The predicted molar refractivity (Wildman–Crippen MR) is 94.5 cm³/mol. The molecule has 2 unspecified atom stereocenters. The second-order valence-electron chi connectivity index (χ2n) is 6.74. The third-order valence-corrected chi connectivity index (χ3v) is 5.19. The number of likely N-dealkylation sites (tertiary alicyclic amines) is 1. The highest BCUT2D eigenvalue weighted by atomic mass is 16.5. The quantitative estimate of drug-likeness (QED) is 0.789. The van der Waals surface area contributed by atoms with Gasteiger partial charge in [0.15, 0.2) is 0 Å². The number of rotatable bonds is 4. The highest BCUT2D eigenvalue weighted by Gasteiger charge is 2.34. The van der Waals surface area contributed by atoms with Crippen molar-refractivity contribution in [3.63, 3.8) is 0 Å². The van der Waals surface area contributed by atoms with Crippen LogP contribution in [0, 0.1) is 13.8 Å². The largest absolute Gasteiger partial charge is 0.461 e. The Morgan fingerprint density at radius 1 is 1.12 bits per heavy atom. The van der Waals surface area contributed by atoms with Gasteiger partial charge in [-0.3, -0.25) is 4.79 Å². The summed E-state index contributed by atoms with van der Waals surface area (Å²) >= 11 is 0. The fourth-order valence-electron chi connectivity index (χ4n) is 4.02. The molecule has 1 fully saturated rings. The zero-order chi connectivity index (χ0) is 18.0. The molecule has 1 aliphatic heterocycles. The van der Waals surface area contributed by atoms with Crippen LogP contribution in [0.4, 0.5) is 0 Å². The Labute approximate surface area is 145 Å². The molecule has 1 amide bonds. The van der Waals surface area contributed by atoms with E-state index in [4.69, 9.17) is 4.74 Å². The number of hydrogen-bond donors (Lipinski definition) is 0. The van der Waals surface area contributed by atoms with Crippen molar-refractivity contribution < 1.29 is 14.3 Å². The minimum Gasteiger partial charge on any atom is -0.461 e. The maximum absolute atomic E-state index is 13.3. The van der Waals surface area contributed by atoms with Gasteiger partial charge in [-0.2, -0.15) is 0 Å². The lowest BCUT2D eigenvalue weighted by atomic mass is 9.95. The second kappa shape index (κ2) is 7.41. The van der Waals surface area contributed by atoms with Gasteiger partial charge in [-0.05, 0) is 66.4 Å². The van der Waals surface area contributed by atoms with E-state index in [1.54, 1.807) is 6.92 Å². The van der Waals surface area contributed by atoms with Gasteiger partial charge in [0.25, 0.3) is 5.91 Å². The van der Waals surface area contributed by atoms with E-state index in [-0.39, 0.29) is 24.0 Å². The normalized spacial score (nSPS) is 21.0. The standard InChI is InChI=1S/C19H30N2O3/c1-7-20-15(6)16(14(5)17(20)19(23)24-8-2)18(22)21-12(3)10-9-11-13(21)4/h12-13H,7-11H2,1-6H3. The Balaban J connectivity index is 2.50. The molecule has 0 radical (unpaired) electrons. The molecular formula is C19H30N2O3. The van der Waals surface area contributed by atoms with Crippen LogP contribution in [0.3, 0.4) is 0 Å². The molecule has 1 saturated heterocycles. The first-order valence-electron chi connectivity index (χ1n) is 9.04. The van der Waals surface area contributed by atoms with Crippen LogP contribution in [0.15, 0.2) is 0 Å². The van der Waals surface area contributed by atoms with Crippen LogP contribution < -0.4 is 0 Å². The first-order valence-corrected chi connectivity index (χ1v) is 9.04. The lowest BCUT2D eigenvalue weighted by Gasteiger charge is -2.39. The molecule has 1 aliphatic rings. The van der Waals surface area contributed by atoms with Crippen molar-refractivity contribution in [3.05, 3.63) is 22.5 Å². The first-order chi connectivity index (χ1) is 11.3. The highest BCUT2D eigenvalue weighted by Crippen LogP contribution is 2.29. The average Bonchev–Trinajstić information content (AvgIpc) is 2.77.